The number of carbonyl (C=O) groups excluding carboxylic acids is 1. The quantitative estimate of drug-likeness (QED) is 0.542. The van der Waals surface area contributed by atoms with Crippen LogP contribution in [0, 0.1) is 11.3 Å². The number of nitrogens with two attached hydrogens (primary N) is 1. The van der Waals surface area contributed by atoms with Crippen molar-refractivity contribution in [1.82, 2.24) is 5.32 Å². The zero-order valence-electron chi connectivity index (χ0n) is 11.5. The first-order chi connectivity index (χ1) is 8.95. The first kappa shape index (κ1) is 14.7. The lowest BCUT2D eigenvalue weighted by Gasteiger charge is -2.45. The van der Waals surface area contributed by atoms with E-state index in [2.05, 4.69) is 12.2 Å². The first-order valence-corrected chi connectivity index (χ1v) is 7.65. The van der Waals surface area contributed by atoms with Crippen LogP contribution < -0.4 is 11.1 Å². The van der Waals surface area contributed by atoms with Crippen molar-refractivity contribution < 1.29 is 9.90 Å². The van der Waals surface area contributed by atoms with Crippen LogP contribution >= 0.6 is 12.2 Å². The van der Waals surface area contributed by atoms with Gasteiger partial charge in [-0.3, -0.25) is 4.79 Å². The predicted octanol–water partition coefficient (Wildman–Crippen LogP) is 1.50. The lowest BCUT2D eigenvalue weighted by Crippen LogP contribution is -2.58. The second-order valence-electron chi connectivity index (χ2n) is 6.25. The third-order valence-corrected chi connectivity index (χ3v) is 4.99. The minimum Gasteiger partial charge on any atom is -0.392 e. The Labute approximate surface area is 120 Å². The van der Waals surface area contributed by atoms with Gasteiger partial charge in [-0.2, -0.15) is 0 Å². The van der Waals surface area contributed by atoms with Gasteiger partial charge in [0.25, 0.3) is 0 Å². The molecule has 0 radical (unpaired) electrons. The van der Waals surface area contributed by atoms with Crippen LogP contribution in [0.1, 0.15) is 51.9 Å². The molecule has 19 heavy (non-hydrogen) atoms. The third-order valence-electron chi connectivity index (χ3n) is 4.60. The van der Waals surface area contributed by atoms with Crippen molar-refractivity contribution >= 4 is 23.1 Å². The van der Waals surface area contributed by atoms with Crippen molar-refractivity contribution in [3.8, 4) is 0 Å². The van der Waals surface area contributed by atoms with Crippen LogP contribution in [0.25, 0.3) is 0 Å². The van der Waals surface area contributed by atoms with Gasteiger partial charge in [-0.25, -0.2) is 0 Å². The Balaban J connectivity index is 2.01. The minimum absolute atomic E-state index is 0.0796. The van der Waals surface area contributed by atoms with Crippen LogP contribution in [-0.4, -0.2) is 28.1 Å². The van der Waals surface area contributed by atoms with Crippen molar-refractivity contribution in [1.29, 1.82) is 0 Å². The summed E-state index contributed by atoms with van der Waals surface area (Å²) in [6.07, 6.45) is 5.85. The van der Waals surface area contributed by atoms with Crippen molar-refractivity contribution in [2.45, 2.75) is 64.0 Å². The molecule has 4 N–H and O–H groups in total. The van der Waals surface area contributed by atoms with Crippen LogP contribution in [0.5, 0.6) is 0 Å². The second-order valence-corrected chi connectivity index (χ2v) is 6.68. The molecule has 4 nitrogen and oxygen atoms in total. The van der Waals surface area contributed by atoms with Gasteiger partial charge in [-0.15, -0.1) is 0 Å². The van der Waals surface area contributed by atoms with E-state index in [1.54, 1.807) is 0 Å². The summed E-state index contributed by atoms with van der Waals surface area (Å²) >= 11 is 5.09. The van der Waals surface area contributed by atoms with Gasteiger partial charge < -0.3 is 16.2 Å². The average molecular weight is 284 g/mol. The number of carbonyl (C=O) groups is 1. The molecule has 0 aliphatic heterocycles. The van der Waals surface area contributed by atoms with E-state index >= 15 is 0 Å². The zero-order chi connectivity index (χ0) is 14.0. The molecule has 2 atom stereocenters. The molecule has 2 saturated carbocycles. The standard InChI is InChI=1S/C14H24N2O2S/c1-9-7-14(8-9,12(15)19)13(18)16-10-5-3-2-4-6-11(10)17/h9-11,17H,2-8H2,1H3,(H2,15,19)(H,16,18). The Morgan fingerprint density at radius 2 is 1.95 bits per heavy atom. The van der Waals surface area contributed by atoms with E-state index < -0.39 is 11.5 Å². The third kappa shape index (κ3) is 2.92. The average Bonchev–Trinajstić information content (AvgIpc) is 2.50. The molecule has 2 aliphatic rings. The van der Waals surface area contributed by atoms with Gasteiger partial charge in [-0.05, 0) is 31.6 Å². The van der Waals surface area contributed by atoms with E-state index in [4.69, 9.17) is 18.0 Å². The highest BCUT2D eigenvalue weighted by Crippen LogP contribution is 2.46. The Hall–Kier alpha value is -0.680. The molecule has 0 bridgehead atoms. The summed E-state index contributed by atoms with van der Waals surface area (Å²) in [4.78, 5) is 12.8. The van der Waals surface area contributed by atoms with E-state index in [-0.39, 0.29) is 11.9 Å². The highest BCUT2D eigenvalue weighted by atomic mass is 32.1. The van der Waals surface area contributed by atoms with Gasteiger partial charge in [0.05, 0.1) is 22.5 Å². The Kier molecular flexibility index (Phi) is 4.46. The van der Waals surface area contributed by atoms with Gasteiger partial charge in [0.15, 0.2) is 0 Å². The fourth-order valence-electron chi connectivity index (χ4n) is 3.39. The molecule has 2 rings (SSSR count). The molecule has 0 heterocycles. The number of aliphatic hydroxyl groups is 1. The predicted molar refractivity (Wildman–Crippen MR) is 78.6 cm³/mol. The SMILES string of the molecule is CC1CC(C(=O)NC2CCCCCC2O)(C(N)=S)C1. The van der Waals surface area contributed by atoms with E-state index in [0.717, 1.165) is 44.9 Å². The zero-order valence-corrected chi connectivity index (χ0v) is 12.3. The highest BCUT2D eigenvalue weighted by Gasteiger charge is 2.51. The van der Waals surface area contributed by atoms with Crippen molar-refractivity contribution in [3.05, 3.63) is 0 Å². The molecule has 2 aliphatic carbocycles. The maximum atomic E-state index is 12.5. The van der Waals surface area contributed by atoms with E-state index in [9.17, 15) is 9.90 Å². The van der Waals surface area contributed by atoms with E-state index in [0.29, 0.717) is 10.9 Å². The molecule has 108 valence electrons. The molecule has 1 amide bonds. The Morgan fingerprint density at radius 3 is 2.53 bits per heavy atom. The second kappa shape index (κ2) is 5.75. The maximum absolute atomic E-state index is 12.5. The number of thiocarbonyl (C=S) groups is 1. The smallest absolute Gasteiger partial charge is 0.233 e. The van der Waals surface area contributed by atoms with E-state index in [1.807, 2.05) is 0 Å². The van der Waals surface area contributed by atoms with Gasteiger partial charge in [0.2, 0.25) is 5.91 Å². The van der Waals surface area contributed by atoms with Crippen LogP contribution in [-0.2, 0) is 4.79 Å². The number of amides is 1. The number of hydrogen-bond acceptors (Lipinski definition) is 3. The van der Waals surface area contributed by atoms with Gasteiger partial charge >= 0.3 is 0 Å². The number of rotatable bonds is 3. The molecule has 0 aromatic rings. The molecule has 0 aromatic carbocycles. The number of nitrogens with one attached hydrogen (secondary N) is 1. The summed E-state index contributed by atoms with van der Waals surface area (Å²) in [6.45, 7) is 2.10. The van der Waals surface area contributed by atoms with E-state index in [1.165, 1.54) is 0 Å². The molecular weight excluding hydrogens is 260 g/mol. The summed E-state index contributed by atoms with van der Waals surface area (Å²) in [5.74, 6) is 0.412. The molecular formula is C14H24N2O2S. The highest BCUT2D eigenvalue weighted by molar-refractivity contribution is 7.80. The Morgan fingerprint density at radius 1 is 1.32 bits per heavy atom. The van der Waals surface area contributed by atoms with Gasteiger partial charge in [-0.1, -0.05) is 38.4 Å². The van der Waals surface area contributed by atoms with Crippen molar-refractivity contribution in [2.75, 3.05) is 0 Å². The normalized spacial score (nSPS) is 38.9. The largest absolute Gasteiger partial charge is 0.392 e. The van der Waals surface area contributed by atoms with Crippen LogP contribution in [0.3, 0.4) is 0 Å². The van der Waals surface area contributed by atoms with Gasteiger partial charge in [0, 0.05) is 0 Å². The summed E-state index contributed by atoms with van der Waals surface area (Å²) in [6, 6.07) is -0.142. The molecule has 5 heteroatoms. The molecule has 2 fully saturated rings. The molecule has 0 aromatic heterocycles. The monoisotopic (exact) mass is 284 g/mol. The summed E-state index contributed by atoms with van der Waals surface area (Å²) in [5, 5.41) is 13.1. The Bertz CT molecular complexity index is 366. The topological polar surface area (TPSA) is 75.3 Å². The summed E-state index contributed by atoms with van der Waals surface area (Å²) < 4.78 is 0. The van der Waals surface area contributed by atoms with Crippen LogP contribution in [0.2, 0.25) is 0 Å². The first-order valence-electron chi connectivity index (χ1n) is 7.24. The minimum atomic E-state index is -0.666. The number of hydrogen-bond donors (Lipinski definition) is 3. The van der Waals surface area contributed by atoms with Crippen LogP contribution in [0.4, 0.5) is 0 Å². The molecule has 0 spiro atoms. The maximum Gasteiger partial charge on any atom is 0.233 e. The molecule has 0 saturated heterocycles. The number of aliphatic hydroxyl groups excluding tert-OH is 1. The lowest BCUT2D eigenvalue weighted by molar-refractivity contribution is -0.134. The van der Waals surface area contributed by atoms with Crippen molar-refractivity contribution in [2.24, 2.45) is 17.1 Å². The van der Waals surface area contributed by atoms with Crippen LogP contribution in [0.15, 0.2) is 0 Å². The van der Waals surface area contributed by atoms with Gasteiger partial charge in [0.1, 0.15) is 0 Å². The summed E-state index contributed by atoms with van der Waals surface area (Å²) in [5.41, 5.74) is 5.11. The fourth-order valence-corrected chi connectivity index (χ4v) is 3.65. The molecule has 2 unspecified atom stereocenters. The van der Waals surface area contributed by atoms with Crippen molar-refractivity contribution in [3.63, 3.8) is 0 Å². The summed E-state index contributed by atoms with van der Waals surface area (Å²) in [7, 11) is 0. The fraction of sp³-hybridized carbons (Fsp3) is 0.857. The lowest BCUT2D eigenvalue weighted by atomic mass is 9.62.